The molecule has 3 N–H and O–H groups in total. The summed E-state index contributed by atoms with van der Waals surface area (Å²) in [5.74, 6) is 0. The minimum atomic E-state index is 0.402. The summed E-state index contributed by atoms with van der Waals surface area (Å²) in [7, 11) is 0. The van der Waals surface area contributed by atoms with Gasteiger partial charge in [0.25, 0.3) is 0 Å². The molecule has 0 rings (SSSR count). The van der Waals surface area contributed by atoms with Crippen molar-refractivity contribution >= 4 is 17.3 Å². The number of hydrogen-bond donors (Lipinski definition) is 2. The van der Waals surface area contributed by atoms with Crippen molar-refractivity contribution in [2.45, 2.75) is 13.8 Å². The van der Waals surface area contributed by atoms with Gasteiger partial charge in [0.1, 0.15) is 0 Å². The van der Waals surface area contributed by atoms with E-state index >= 15 is 0 Å². The minimum absolute atomic E-state index is 0.402. The lowest BCUT2D eigenvalue weighted by Crippen LogP contribution is -2.45. The van der Waals surface area contributed by atoms with Crippen molar-refractivity contribution in [2.24, 2.45) is 5.73 Å². The average molecular weight is 147 g/mol. The van der Waals surface area contributed by atoms with E-state index in [1.165, 1.54) is 0 Å². The van der Waals surface area contributed by atoms with Crippen molar-refractivity contribution in [1.29, 1.82) is 0 Å². The Kier molecular flexibility index (Phi) is 4.35. The molecule has 0 aromatic heterocycles. The molecule has 0 aliphatic rings. The first-order valence-corrected chi connectivity index (χ1v) is 3.43. The van der Waals surface area contributed by atoms with Crippen LogP contribution in [-0.4, -0.2) is 23.2 Å². The number of nitrogens with two attached hydrogens (primary N) is 1. The number of hydrazine groups is 1. The third kappa shape index (κ3) is 3.26. The molecular weight excluding hydrogens is 134 g/mol. The Labute approximate surface area is 61.2 Å². The van der Waals surface area contributed by atoms with Gasteiger partial charge >= 0.3 is 0 Å². The Morgan fingerprint density at radius 1 is 1.67 bits per heavy atom. The van der Waals surface area contributed by atoms with E-state index in [-0.39, 0.29) is 0 Å². The van der Waals surface area contributed by atoms with Crippen LogP contribution in [0.1, 0.15) is 13.8 Å². The number of rotatable bonds is 3. The van der Waals surface area contributed by atoms with Gasteiger partial charge in [-0.05, 0) is 19.1 Å². The van der Waals surface area contributed by atoms with Gasteiger partial charge in [-0.2, -0.15) is 0 Å². The Morgan fingerprint density at radius 2 is 2.22 bits per heavy atom. The third-order valence-corrected chi connectivity index (χ3v) is 1.15. The van der Waals surface area contributed by atoms with Crippen LogP contribution in [0.2, 0.25) is 0 Å². The Morgan fingerprint density at radius 3 is 2.33 bits per heavy atom. The summed E-state index contributed by atoms with van der Waals surface area (Å²) in [6.07, 6.45) is 0. The molecule has 0 bridgehead atoms. The van der Waals surface area contributed by atoms with Crippen molar-refractivity contribution in [3.8, 4) is 0 Å². The molecule has 0 aliphatic heterocycles. The van der Waals surface area contributed by atoms with Gasteiger partial charge in [-0.25, -0.2) is 5.43 Å². The highest BCUT2D eigenvalue weighted by Crippen LogP contribution is 1.78. The number of nitrogens with one attached hydrogen (secondary N) is 1. The second-order valence-electron chi connectivity index (χ2n) is 1.59. The zero-order valence-electron chi connectivity index (χ0n) is 5.85. The molecule has 9 heavy (non-hydrogen) atoms. The second-order valence-corrected chi connectivity index (χ2v) is 2.01. The molecule has 0 atom stereocenters. The van der Waals surface area contributed by atoms with E-state index in [1.54, 1.807) is 5.01 Å². The van der Waals surface area contributed by atoms with Gasteiger partial charge in [0, 0.05) is 13.1 Å². The standard InChI is InChI=1S/C5H13N3S/c1-3-7-8(4-2)5(6)9/h7H,3-4H2,1-2H3,(H2,6,9). The molecule has 0 unspecified atom stereocenters. The van der Waals surface area contributed by atoms with Crippen LogP contribution in [0.5, 0.6) is 0 Å². The van der Waals surface area contributed by atoms with Crippen molar-refractivity contribution in [2.75, 3.05) is 13.1 Å². The summed E-state index contributed by atoms with van der Waals surface area (Å²) in [6.45, 7) is 5.65. The molecule has 54 valence electrons. The van der Waals surface area contributed by atoms with Gasteiger partial charge in [0.15, 0.2) is 5.11 Å². The fraction of sp³-hybridized carbons (Fsp3) is 0.800. The predicted molar refractivity (Wildman–Crippen MR) is 42.8 cm³/mol. The van der Waals surface area contributed by atoms with E-state index < -0.39 is 0 Å². The molecule has 0 heterocycles. The lowest BCUT2D eigenvalue weighted by molar-refractivity contribution is 0.333. The van der Waals surface area contributed by atoms with Gasteiger partial charge in [-0.15, -0.1) is 0 Å². The lowest BCUT2D eigenvalue weighted by atomic mass is 10.7. The van der Waals surface area contributed by atoms with E-state index in [0.717, 1.165) is 13.1 Å². The molecule has 0 aromatic rings. The average Bonchev–Trinajstić information content (AvgIpc) is 1.82. The zero-order valence-corrected chi connectivity index (χ0v) is 6.66. The normalized spacial score (nSPS) is 9.11. The van der Waals surface area contributed by atoms with E-state index in [0.29, 0.717) is 5.11 Å². The SMILES string of the molecule is CCNN(CC)C(N)=S. The van der Waals surface area contributed by atoms with Crippen LogP contribution >= 0.6 is 12.2 Å². The van der Waals surface area contributed by atoms with Crippen molar-refractivity contribution in [3.05, 3.63) is 0 Å². The molecule has 0 saturated carbocycles. The highest BCUT2D eigenvalue weighted by Gasteiger charge is 1.97. The predicted octanol–water partition coefficient (Wildman–Crippen LogP) is 0.0764. The number of hydrogen-bond acceptors (Lipinski definition) is 2. The molecule has 0 amide bonds. The summed E-state index contributed by atoms with van der Waals surface area (Å²) in [6, 6.07) is 0. The van der Waals surface area contributed by atoms with Crippen LogP contribution in [0, 0.1) is 0 Å². The Bertz CT molecular complexity index is 94.2. The largest absolute Gasteiger partial charge is 0.375 e. The van der Waals surface area contributed by atoms with Crippen LogP contribution in [0.3, 0.4) is 0 Å². The molecule has 0 aliphatic carbocycles. The smallest absolute Gasteiger partial charge is 0.180 e. The fourth-order valence-corrected chi connectivity index (χ4v) is 0.730. The van der Waals surface area contributed by atoms with Gasteiger partial charge in [-0.3, -0.25) is 5.01 Å². The maximum Gasteiger partial charge on any atom is 0.180 e. The zero-order chi connectivity index (χ0) is 7.28. The summed E-state index contributed by atoms with van der Waals surface area (Å²) in [5, 5.41) is 2.13. The summed E-state index contributed by atoms with van der Waals surface area (Å²) < 4.78 is 0. The van der Waals surface area contributed by atoms with Gasteiger partial charge in [0.05, 0.1) is 0 Å². The topological polar surface area (TPSA) is 41.3 Å². The summed E-state index contributed by atoms with van der Waals surface area (Å²) in [5.41, 5.74) is 8.33. The molecule has 0 fully saturated rings. The summed E-state index contributed by atoms with van der Waals surface area (Å²) >= 11 is 4.72. The molecule has 4 heteroatoms. The van der Waals surface area contributed by atoms with Crippen LogP contribution in [0.25, 0.3) is 0 Å². The minimum Gasteiger partial charge on any atom is -0.375 e. The fourth-order valence-electron chi connectivity index (χ4n) is 0.536. The van der Waals surface area contributed by atoms with Crippen LogP contribution in [0.4, 0.5) is 0 Å². The van der Waals surface area contributed by atoms with Gasteiger partial charge in [-0.1, -0.05) is 6.92 Å². The van der Waals surface area contributed by atoms with Crippen molar-refractivity contribution in [3.63, 3.8) is 0 Å². The molecule has 0 spiro atoms. The monoisotopic (exact) mass is 147 g/mol. The van der Waals surface area contributed by atoms with Crippen molar-refractivity contribution < 1.29 is 0 Å². The van der Waals surface area contributed by atoms with Gasteiger partial charge in [0.2, 0.25) is 0 Å². The first kappa shape index (κ1) is 8.65. The molecule has 3 nitrogen and oxygen atoms in total. The highest BCUT2D eigenvalue weighted by molar-refractivity contribution is 7.80. The van der Waals surface area contributed by atoms with Gasteiger partial charge < -0.3 is 5.73 Å². The second kappa shape index (κ2) is 4.52. The van der Waals surface area contributed by atoms with E-state index in [2.05, 4.69) is 5.43 Å². The highest BCUT2D eigenvalue weighted by atomic mass is 32.1. The molecule has 0 aromatic carbocycles. The number of thiocarbonyl (C=S) groups is 1. The summed E-state index contributed by atoms with van der Waals surface area (Å²) in [4.78, 5) is 0. The molecule has 0 radical (unpaired) electrons. The lowest BCUT2D eigenvalue weighted by Gasteiger charge is -2.20. The Balaban J connectivity index is 3.54. The maximum absolute atomic E-state index is 5.33. The van der Waals surface area contributed by atoms with E-state index in [4.69, 9.17) is 18.0 Å². The quantitative estimate of drug-likeness (QED) is 0.438. The van der Waals surface area contributed by atoms with Crippen LogP contribution < -0.4 is 11.2 Å². The first-order chi connectivity index (χ1) is 4.22. The maximum atomic E-state index is 5.33. The first-order valence-electron chi connectivity index (χ1n) is 3.02. The van der Waals surface area contributed by atoms with Crippen molar-refractivity contribution in [1.82, 2.24) is 10.4 Å². The van der Waals surface area contributed by atoms with Crippen LogP contribution in [-0.2, 0) is 0 Å². The van der Waals surface area contributed by atoms with Crippen LogP contribution in [0.15, 0.2) is 0 Å². The third-order valence-electron chi connectivity index (χ3n) is 0.931. The molecule has 0 saturated heterocycles. The molecular formula is C5H13N3S. The van der Waals surface area contributed by atoms with E-state index in [1.807, 2.05) is 13.8 Å². The Hall–Kier alpha value is -0.350. The van der Waals surface area contributed by atoms with E-state index in [9.17, 15) is 0 Å². The number of nitrogens with zero attached hydrogens (tertiary/aromatic N) is 1.